The van der Waals surface area contributed by atoms with Gasteiger partial charge in [-0.2, -0.15) is 0 Å². The fourth-order valence-electron chi connectivity index (χ4n) is 1.47. The molecule has 3 rings (SSSR count). The van der Waals surface area contributed by atoms with Gasteiger partial charge < -0.3 is 0 Å². The van der Waals surface area contributed by atoms with E-state index in [0.29, 0.717) is 4.96 Å². The molecule has 2 aromatic heterocycles. The van der Waals surface area contributed by atoms with Gasteiger partial charge in [-0.15, -0.1) is 0 Å². The van der Waals surface area contributed by atoms with Gasteiger partial charge in [0.1, 0.15) is 0 Å². The molecule has 0 atom stereocenters. The van der Waals surface area contributed by atoms with Crippen LogP contribution in [0.15, 0.2) is 41.3 Å². The molecule has 0 saturated carbocycles. The van der Waals surface area contributed by atoms with Gasteiger partial charge >= 0.3 is 4.87 Å². The van der Waals surface area contributed by atoms with Crippen LogP contribution in [0.4, 0.5) is 0 Å². The average molecular weight is 217 g/mol. The molecule has 5 heteroatoms. The number of imidazole rings is 1. The summed E-state index contributed by atoms with van der Waals surface area (Å²) in [6.07, 6.45) is 1.82. The monoisotopic (exact) mass is 217 g/mol. The molecule has 0 spiro atoms. The van der Waals surface area contributed by atoms with Gasteiger partial charge in [-0.25, -0.2) is 14.6 Å². The van der Waals surface area contributed by atoms with E-state index in [4.69, 9.17) is 0 Å². The van der Waals surface area contributed by atoms with Gasteiger partial charge in [0.25, 0.3) is 0 Å². The summed E-state index contributed by atoms with van der Waals surface area (Å²) in [5, 5.41) is 2.67. The fourth-order valence-corrected chi connectivity index (χ4v) is 2.12. The van der Waals surface area contributed by atoms with Crippen molar-refractivity contribution in [1.82, 2.24) is 14.6 Å². The van der Waals surface area contributed by atoms with E-state index >= 15 is 0 Å². The Kier molecular flexibility index (Phi) is 1.72. The highest BCUT2D eigenvalue weighted by atomic mass is 32.1. The first-order valence-corrected chi connectivity index (χ1v) is 5.28. The summed E-state index contributed by atoms with van der Waals surface area (Å²) in [5.41, 5.74) is 1.92. The Hall–Kier alpha value is -1.88. The molecule has 4 nitrogen and oxygen atoms in total. The second kappa shape index (κ2) is 3.06. The minimum absolute atomic E-state index is 0.0860. The Labute approximate surface area is 88.8 Å². The van der Waals surface area contributed by atoms with Gasteiger partial charge in [-0.3, -0.25) is 4.79 Å². The van der Waals surface area contributed by atoms with Crippen molar-refractivity contribution in [3.05, 3.63) is 46.2 Å². The summed E-state index contributed by atoms with van der Waals surface area (Å²) in [7, 11) is 0. The Bertz CT molecular complexity index is 615. The molecule has 0 amide bonds. The lowest BCUT2D eigenvalue weighted by molar-refractivity contribution is 0.950. The smallest absolute Gasteiger partial charge is 0.255 e. The van der Waals surface area contributed by atoms with E-state index in [2.05, 4.69) is 10.1 Å². The van der Waals surface area contributed by atoms with Crippen LogP contribution in [0.1, 0.15) is 0 Å². The molecular formula is C10H7N3OS. The topological polar surface area (TPSA) is 50.2 Å². The molecule has 0 unspecified atom stereocenters. The first kappa shape index (κ1) is 8.43. The number of aromatic nitrogens is 3. The molecule has 0 aliphatic heterocycles. The molecule has 0 aliphatic rings. The van der Waals surface area contributed by atoms with Crippen molar-refractivity contribution in [2.75, 3.05) is 0 Å². The van der Waals surface area contributed by atoms with Gasteiger partial charge in [0.15, 0.2) is 0 Å². The number of nitrogens with zero attached hydrogens (tertiary/aromatic N) is 2. The van der Waals surface area contributed by atoms with Crippen LogP contribution in [0.2, 0.25) is 0 Å². The second-order valence-corrected chi connectivity index (χ2v) is 4.09. The van der Waals surface area contributed by atoms with Gasteiger partial charge in [0.05, 0.1) is 11.9 Å². The summed E-state index contributed by atoms with van der Waals surface area (Å²) < 4.78 is 1.65. The first-order valence-electron chi connectivity index (χ1n) is 4.46. The van der Waals surface area contributed by atoms with E-state index < -0.39 is 0 Å². The Morgan fingerprint density at radius 3 is 2.80 bits per heavy atom. The number of fused-ring (bicyclic) bond motifs is 1. The van der Waals surface area contributed by atoms with Crippen LogP contribution in [0.25, 0.3) is 16.2 Å². The van der Waals surface area contributed by atoms with Crippen molar-refractivity contribution in [1.29, 1.82) is 0 Å². The number of hydrogen-bond acceptors (Lipinski definition) is 3. The summed E-state index contributed by atoms with van der Waals surface area (Å²) in [6, 6.07) is 9.87. The largest absolute Gasteiger partial charge is 0.322 e. The van der Waals surface area contributed by atoms with Gasteiger partial charge in [-0.05, 0) is 11.3 Å². The molecule has 0 saturated heterocycles. The van der Waals surface area contributed by atoms with Crippen LogP contribution in [0.3, 0.4) is 0 Å². The van der Waals surface area contributed by atoms with Crippen molar-refractivity contribution in [3.63, 3.8) is 0 Å². The van der Waals surface area contributed by atoms with Crippen LogP contribution in [-0.4, -0.2) is 14.6 Å². The SMILES string of the molecule is O=c1[nH]n2cc(-c3ccccc3)nc2s1. The molecule has 1 aromatic carbocycles. The average Bonchev–Trinajstić information content (AvgIpc) is 2.76. The number of H-pyrrole nitrogens is 1. The first-order chi connectivity index (χ1) is 7.33. The third kappa shape index (κ3) is 1.37. The Morgan fingerprint density at radius 1 is 1.27 bits per heavy atom. The Balaban J connectivity index is 2.20. The lowest BCUT2D eigenvalue weighted by atomic mass is 10.2. The third-order valence-corrected chi connectivity index (χ3v) is 2.89. The molecule has 2 heterocycles. The zero-order valence-corrected chi connectivity index (χ0v) is 8.49. The van der Waals surface area contributed by atoms with E-state index in [0.717, 1.165) is 22.6 Å². The van der Waals surface area contributed by atoms with Crippen molar-refractivity contribution < 1.29 is 0 Å². The van der Waals surface area contributed by atoms with Crippen molar-refractivity contribution in [2.45, 2.75) is 0 Å². The van der Waals surface area contributed by atoms with Crippen LogP contribution in [0, 0.1) is 0 Å². The van der Waals surface area contributed by atoms with Gasteiger partial charge in [0, 0.05) is 5.56 Å². The molecule has 0 aliphatic carbocycles. The summed E-state index contributed by atoms with van der Waals surface area (Å²) in [5.74, 6) is 0. The maximum absolute atomic E-state index is 11.0. The van der Waals surface area contributed by atoms with E-state index in [-0.39, 0.29) is 4.87 Å². The van der Waals surface area contributed by atoms with Crippen LogP contribution >= 0.6 is 11.3 Å². The minimum Gasteiger partial charge on any atom is -0.255 e. The summed E-state index contributed by atoms with van der Waals surface area (Å²) >= 11 is 1.11. The number of nitrogens with one attached hydrogen (secondary N) is 1. The summed E-state index contributed by atoms with van der Waals surface area (Å²) in [4.78, 5) is 16.0. The molecule has 74 valence electrons. The van der Waals surface area contributed by atoms with Crippen LogP contribution in [-0.2, 0) is 0 Å². The molecule has 0 radical (unpaired) electrons. The zero-order chi connectivity index (χ0) is 10.3. The lowest BCUT2D eigenvalue weighted by Gasteiger charge is -1.92. The fraction of sp³-hybridized carbons (Fsp3) is 0. The number of rotatable bonds is 1. The van der Waals surface area contributed by atoms with E-state index in [1.165, 1.54) is 0 Å². The standard InChI is InChI=1S/C10H7N3OS/c14-10-12-13-6-8(11-9(13)15-10)7-4-2-1-3-5-7/h1-6H,(H,12,14). The molecule has 1 N–H and O–H groups in total. The van der Waals surface area contributed by atoms with E-state index in [1.54, 1.807) is 4.52 Å². The maximum atomic E-state index is 11.0. The Morgan fingerprint density at radius 2 is 2.07 bits per heavy atom. The third-order valence-electron chi connectivity index (χ3n) is 2.14. The normalized spacial score (nSPS) is 10.9. The number of benzene rings is 1. The van der Waals surface area contributed by atoms with Crippen molar-refractivity contribution in [3.8, 4) is 11.3 Å². The van der Waals surface area contributed by atoms with Gasteiger partial charge in [0.2, 0.25) is 4.96 Å². The van der Waals surface area contributed by atoms with Gasteiger partial charge in [-0.1, -0.05) is 30.3 Å². The molecule has 15 heavy (non-hydrogen) atoms. The number of hydrogen-bond donors (Lipinski definition) is 1. The van der Waals surface area contributed by atoms with E-state index in [9.17, 15) is 4.79 Å². The molecule has 0 bridgehead atoms. The second-order valence-electron chi connectivity index (χ2n) is 3.15. The highest BCUT2D eigenvalue weighted by molar-refractivity contribution is 7.14. The maximum Gasteiger partial charge on any atom is 0.322 e. The highest BCUT2D eigenvalue weighted by Crippen LogP contribution is 2.18. The molecule has 0 fully saturated rings. The zero-order valence-electron chi connectivity index (χ0n) is 7.68. The van der Waals surface area contributed by atoms with E-state index in [1.807, 2.05) is 36.5 Å². The van der Waals surface area contributed by atoms with Crippen LogP contribution in [0.5, 0.6) is 0 Å². The van der Waals surface area contributed by atoms with Crippen molar-refractivity contribution >= 4 is 16.3 Å². The molecular weight excluding hydrogens is 210 g/mol. The minimum atomic E-state index is -0.0860. The highest BCUT2D eigenvalue weighted by Gasteiger charge is 2.05. The quantitative estimate of drug-likeness (QED) is 0.675. The number of aromatic amines is 1. The van der Waals surface area contributed by atoms with Crippen molar-refractivity contribution in [2.24, 2.45) is 0 Å². The predicted molar refractivity (Wildman–Crippen MR) is 59.1 cm³/mol. The lowest BCUT2D eigenvalue weighted by Crippen LogP contribution is -1.95. The predicted octanol–water partition coefficient (Wildman–Crippen LogP) is 1.75. The van der Waals surface area contributed by atoms with Crippen LogP contribution < -0.4 is 4.87 Å². The summed E-state index contributed by atoms with van der Waals surface area (Å²) in [6.45, 7) is 0. The molecule has 3 aromatic rings.